The summed E-state index contributed by atoms with van der Waals surface area (Å²) in [6, 6.07) is 8.05. The van der Waals surface area contributed by atoms with Crippen LogP contribution in [0.2, 0.25) is 0 Å². The highest BCUT2D eigenvalue weighted by Crippen LogP contribution is 2.29. The summed E-state index contributed by atoms with van der Waals surface area (Å²) in [5, 5.41) is 11.8. The van der Waals surface area contributed by atoms with Crippen LogP contribution in [-0.2, 0) is 6.42 Å². The predicted octanol–water partition coefficient (Wildman–Crippen LogP) is 5.18. The van der Waals surface area contributed by atoms with Gasteiger partial charge in [-0.1, -0.05) is 42.0 Å². The van der Waals surface area contributed by atoms with Gasteiger partial charge in [-0.2, -0.15) is 0 Å². The zero-order valence-corrected chi connectivity index (χ0v) is 15.7. The molecule has 4 rings (SSSR count). The second kappa shape index (κ2) is 8.18. The van der Waals surface area contributed by atoms with Gasteiger partial charge in [-0.3, -0.25) is 9.78 Å². The minimum Gasteiger partial charge on any atom is -0.393 e. The average Bonchev–Trinajstić information content (AvgIpc) is 3.21. The number of allylic oxidation sites excluding steroid dienone is 4. The highest BCUT2D eigenvalue weighted by molar-refractivity contribution is 6.08. The number of aromatic nitrogens is 1. The number of fused-ring (bicyclic) bond motifs is 1. The van der Waals surface area contributed by atoms with Gasteiger partial charge >= 0.3 is 0 Å². The summed E-state index contributed by atoms with van der Waals surface area (Å²) in [5.41, 5.74) is 3.22. The Labute approximate surface area is 160 Å². The largest absolute Gasteiger partial charge is 0.393 e. The maximum absolute atomic E-state index is 12.9. The molecule has 1 saturated carbocycles. The zero-order chi connectivity index (χ0) is 18.6. The van der Waals surface area contributed by atoms with Gasteiger partial charge in [0.25, 0.3) is 0 Å². The van der Waals surface area contributed by atoms with Crippen LogP contribution in [0.4, 0.5) is 0 Å². The number of carbonyl (C=O) groups is 1. The standard InChI is InChI=1S/C24H27NO2/c26-21-11-8-18(9-12-21)14-20-15-23-19(16-25-20)6-3-7-22(23)24(27)13-10-17-4-1-2-5-17/h1-4,6-7,15-16,18,21,26H,5,8-14H2. The number of ketones is 1. The number of Topliss-reactive ketones (excluding diaryl/α,β-unsaturated/α-hetero) is 1. The van der Waals surface area contributed by atoms with Crippen molar-refractivity contribution >= 4 is 16.6 Å². The van der Waals surface area contributed by atoms with Gasteiger partial charge in [0, 0.05) is 29.3 Å². The van der Waals surface area contributed by atoms with Crippen molar-refractivity contribution in [2.24, 2.45) is 5.92 Å². The molecule has 1 heterocycles. The Balaban J connectivity index is 1.51. The summed E-state index contributed by atoms with van der Waals surface area (Å²) in [5.74, 6) is 0.800. The molecule has 1 N–H and O–H groups in total. The molecule has 0 unspecified atom stereocenters. The summed E-state index contributed by atoms with van der Waals surface area (Å²) in [7, 11) is 0. The monoisotopic (exact) mass is 361 g/mol. The third-order valence-electron chi connectivity index (χ3n) is 5.96. The molecule has 0 radical (unpaired) electrons. The van der Waals surface area contributed by atoms with Crippen molar-refractivity contribution < 1.29 is 9.90 Å². The number of nitrogens with zero attached hydrogens (tertiary/aromatic N) is 1. The SMILES string of the molecule is O=C(CCC1=CC=CC1)c1cccc2cnc(CC3CCC(O)CC3)cc12. The quantitative estimate of drug-likeness (QED) is 0.722. The van der Waals surface area contributed by atoms with Gasteiger partial charge < -0.3 is 5.11 Å². The van der Waals surface area contributed by atoms with E-state index in [2.05, 4.69) is 29.3 Å². The molecule has 140 valence electrons. The highest BCUT2D eigenvalue weighted by Gasteiger charge is 2.20. The Hall–Kier alpha value is -2.26. The first-order valence-electron chi connectivity index (χ1n) is 10.1. The summed E-state index contributed by atoms with van der Waals surface area (Å²) in [6.45, 7) is 0. The van der Waals surface area contributed by atoms with E-state index in [9.17, 15) is 9.90 Å². The van der Waals surface area contributed by atoms with Crippen molar-refractivity contribution in [3.63, 3.8) is 0 Å². The first-order valence-corrected chi connectivity index (χ1v) is 10.1. The van der Waals surface area contributed by atoms with Gasteiger partial charge in [0.1, 0.15) is 0 Å². The van der Waals surface area contributed by atoms with E-state index in [0.717, 1.165) is 67.0 Å². The number of carbonyl (C=O) groups excluding carboxylic acids is 1. The van der Waals surface area contributed by atoms with Crippen LogP contribution >= 0.6 is 0 Å². The number of aliphatic hydroxyl groups excluding tert-OH is 1. The molecule has 0 bridgehead atoms. The van der Waals surface area contributed by atoms with Crippen LogP contribution in [0.15, 0.2) is 54.3 Å². The minimum absolute atomic E-state index is 0.125. The van der Waals surface area contributed by atoms with Crippen molar-refractivity contribution in [2.45, 2.75) is 57.5 Å². The molecule has 3 heteroatoms. The first-order chi connectivity index (χ1) is 13.2. The molecular formula is C24H27NO2. The third kappa shape index (κ3) is 4.36. The molecule has 27 heavy (non-hydrogen) atoms. The molecule has 0 amide bonds. The third-order valence-corrected chi connectivity index (χ3v) is 5.96. The van der Waals surface area contributed by atoms with E-state index in [1.54, 1.807) is 0 Å². The van der Waals surface area contributed by atoms with Gasteiger partial charge in [-0.05, 0) is 62.3 Å². The fourth-order valence-corrected chi connectivity index (χ4v) is 4.30. The normalized spacial score (nSPS) is 22.2. The maximum atomic E-state index is 12.9. The van der Waals surface area contributed by atoms with Gasteiger partial charge in [0.15, 0.2) is 5.78 Å². The van der Waals surface area contributed by atoms with Crippen molar-refractivity contribution in [3.05, 3.63) is 65.5 Å². The van der Waals surface area contributed by atoms with Crippen LogP contribution in [0.3, 0.4) is 0 Å². The Morgan fingerprint density at radius 3 is 2.81 bits per heavy atom. The Bertz CT molecular complexity index is 888. The number of aliphatic hydroxyl groups is 1. The van der Waals surface area contributed by atoms with Gasteiger partial charge in [-0.15, -0.1) is 0 Å². The summed E-state index contributed by atoms with van der Waals surface area (Å²) >= 11 is 0. The number of hydrogen-bond acceptors (Lipinski definition) is 3. The smallest absolute Gasteiger partial charge is 0.163 e. The second-order valence-electron chi connectivity index (χ2n) is 7.96. The lowest BCUT2D eigenvalue weighted by Crippen LogP contribution is -2.19. The second-order valence-corrected chi connectivity index (χ2v) is 7.96. The van der Waals surface area contributed by atoms with Crippen LogP contribution in [0.25, 0.3) is 10.8 Å². The fourth-order valence-electron chi connectivity index (χ4n) is 4.30. The summed E-state index contributed by atoms with van der Waals surface area (Å²) < 4.78 is 0. The van der Waals surface area contributed by atoms with E-state index in [1.165, 1.54) is 5.57 Å². The molecule has 0 aliphatic heterocycles. The number of benzene rings is 1. The molecule has 2 aliphatic carbocycles. The molecule has 0 atom stereocenters. The summed E-state index contributed by atoms with van der Waals surface area (Å²) in [6.07, 6.45) is 15.3. The molecule has 2 aromatic rings. The Morgan fingerprint density at radius 2 is 2.04 bits per heavy atom. The first kappa shape index (κ1) is 18.1. The number of pyridine rings is 1. The van der Waals surface area contributed by atoms with Crippen molar-refractivity contribution in [2.75, 3.05) is 0 Å². The van der Waals surface area contributed by atoms with Crippen LogP contribution < -0.4 is 0 Å². The van der Waals surface area contributed by atoms with Crippen molar-refractivity contribution in [1.82, 2.24) is 4.98 Å². The van der Waals surface area contributed by atoms with E-state index >= 15 is 0 Å². The fraction of sp³-hybridized carbons (Fsp3) is 0.417. The average molecular weight is 361 g/mol. The molecule has 1 fully saturated rings. The predicted molar refractivity (Wildman–Crippen MR) is 109 cm³/mol. The van der Waals surface area contributed by atoms with Crippen molar-refractivity contribution in [1.29, 1.82) is 0 Å². The lowest BCUT2D eigenvalue weighted by atomic mass is 9.84. The van der Waals surface area contributed by atoms with Gasteiger partial charge in [-0.25, -0.2) is 0 Å². The zero-order valence-electron chi connectivity index (χ0n) is 15.7. The molecule has 1 aromatic heterocycles. The molecule has 0 saturated heterocycles. The highest BCUT2D eigenvalue weighted by atomic mass is 16.3. The topological polar surface area (TPSA) is 50.2 Å². The van der Waals surface area contributed by atoms with Gasteiger partial charge in [0.2, 0.25) is 0 Å². The van der Waals surface area contributed by atoms with Crippen molar-refractivity contribution in [3.8, 4) is 0 Å². The van der Waals surface area contributed by atoms with Gasteiger partial charge in [0.05, 0.1) is 6.10 Å². The van der Waals surface area contributed by atoms with E-state index in [4.69, 9.17) is 0 Å². The molecule has 3 nitrogen and oxygen atoms in total. The molecule has 0 spiro atoms. The maximum Gasteiger partial charge on any atom is 0.163 e. The number of rotatable bonds is 6. The lowest BCUT2D eigenvalue weighted by Gasteiger charge is -2.25. The van der Waals surface area contributed by atoms with E-state index < -0.39 is 0 Å². The van der Waals surface area contributed by atoms with E-state index in [-0.39, 0.29) is 11.9 Å². The molecular weight excluding hydrogens is 334 g/mol. The Kier molecular flexibility index (Phi) is 5.49. The number of hydrogen-bond donors (Lipinski definition) is 1. The minimum atomic E-state index is -0.125. The van der Waals surface area contributed by atoms with Crippen LogP contribution in [0, 0.1) is 5.92 Å². The molecule has 1 aromatic carbocycles. The molecule has 2 aliphatic rings. The lowest BCUT2D eigenvalue weighted by molar-refractivity contribution is 0.0984. The van der Waals surface area contributed by atoms with Crippen LogP contribution in [-0.4, -0.2) is 22.0 Å². The van der Waals surface area contributed by atoms with Crippen LogP contribution in [0.5, 0.6) is 0 Å². The van der Waals surface area contributed by atoms with E-state index in [0.29, 0.717) is 12.3 Å². The van der Waals surface area contributed by atoms with Crippen LogP contribution in [0.1, 0.15) is 61.0 Å². The van der Waals surface area contributed by atoms with E-state index in [1.807, 2.05) is 24.4 Å². The summed E-state index contributed by atoms with van der Waals surface area (Å²) in [4.78, 5) is 17.5. The Morgan fingerprint density at radius 1 is 1.19 bits per heavy atom.